The van der Waals surface area contributed by atoms with E-state index in [4.69, 9.17) is 10.8 Å². The number of rotatable bonds is 6. The van der Waals surface area contributed by atoms with Gasteiger partial charge in [-0.2, -0.15) is 4.72 Å². The highest BCUT2D eigenvalue weighted by Crippen LogP contribution is 2.11. The van der Waals surface area contributed by atoms with Crippen LogP contribution in [0.15, 0.2) is 52.0 Å². The number of amides is 1. The minimum atomic E-state index is -3.73. The highest BCUT2D eigenvalue weighted by atomic mass is 32.2. The molecule has 1 amide bonds. The molecule has 0 spiro atoms. The normalized spacial score (nSPS) is 10.9. The Morgan fingerprint density at radius 2 is 2.09 bits per heavy atom. The lowest BCUT2D eigenvalue weighted by molar-refractivity contribution is 0.0948. The van der Waals surface area contributed by atoms with E-state index < -0.39 is 15.9 Å². The number of hydrogen-bond acceptors (Lipinski definition) is 4. The van der Waals surface area contributed by atoms with Crippen molar-refractivity contribution in [3.63, 3.8) is 0 Å². The molecule has 0 fully saturated rings. The second-order valence-corrected chi connectivity index (χ2v) is 6.09. The fraction of sp³-hybridized carbons (Fsp3) is 0.133. The van der Waals surface area contributed by atoms with Gasteiger partial charge in [0.25, 0.3) is 5.91 Å². The van der Waals surface area contributed by atoms with E-state index in [-0.39, 0.29) is 23.5 Å². The van der Waals surface area contributed by atoms with E-state index in [0.29, 0.717) is 5.76 Å². The summed E-state index contributed by atoms with van der Waals surface area (Å²) in [5.41, 5.74) is 0.232. The van der Waals surface area contributed by atoms with Crippen molar-refractivity contribution >= 4 is 15.9 Å². The molecular weight excluding hydrogens is 304 g/mol. The van der Waals surface area contributed by atoms with Crippen molar-refractivity contribution in [2.75, 3.05) is 6.54 Å². The standard InChI is InChI=1S/C15H14N2O4S/c1-2-8-17-22(19,20)14-7-3-5-12(10-14)15(18)16-11-13-6-4-9-21-13/h1,3-7,9-10,17H,8,11H2,(H,16,18). The van der Waals surface area contributed by atoms with Crippen LogP contribution in [0, 0.1) is 12.3 Å². The Balaban J connectivity index is 2.11. The van der Waals surface area contributed by atoms with E-state index in [2.05, 4.69) is 16.0 Å². The van der Waals surface area contributed by atoms with Gasteiger partial charge in [-0.3, -0.25) is 4.79 Å². The summed E-state index contributed by atoms with van der Waals surface area (Å²) in [6, 6.07) is 9.14. The molecule has 2 N–H and O–H groups in total. The van der Waals surface area contributed by atoms with Crippen LogP contribution in [0.3, 0.4) is 0 Å². The predicted molar refractivity (Wildman–Crippen MR) is 80.3 cm³/mol. The summed E-state index contributed by atoms with van der Waals surface area (Å²) >= 11 is 0. The van der Waals surface area contributed by atoms with Crippen LogP contribution in [-0.4, -0.2) is 20.9 Å². The van der Waals surface area contributed by atoms with Gasteiger partial charge in [-0.1, -0.05) is 12.0 Å². The number of furan rings is 1. The fourth-order valence-electron chi connectivity index (χ4n) is 1.71. The van der Waals surface area contributed by atoms with Crippen LogP contribution in [0.2, 0.25) is 0 Å². The lowest BCUT2D eigenvalue weighted by Gasteiger charge is -2.07. The van der Waals surface area contributed by atoms with Gasteiger partial charge in [-0.25, -0.2) is 8.42 Å². The highest BCUT2D eigenvalue weighted by Gasteiger charge is 2.15. The third kappa shape index (κ3) is 3.97. The molecule has 0 saturated carbocycles. The SMILES string of the molecule is C#CCNS(=O)(=O)c1cccc(C(=O)NCc2ccco2)c1. The van der Waals surface area contributed by atoms with Crippen molar-refractivity contribution in [3.8, 4) is 12.3 Å². The average Bonchev–Trinajstić information content (AvgIpc) is 3.04. The van der Waals surface area contributed by atoms with E-state index in [1.165, 1.54) is 30.5 Å². The smallest absolute Gasteiger partial charge is 0.251 e. The van der Waals surface area contributed by atoms with Gasteiger partial charge in [0.15, 0.2) is 0 Å². The molecule has 0 aliphatic heterocycles. The summed E-state index contributed by atoms with van der Waals surface area (Å²) in [6.07, 6.45) is 6.53. The summed E-state index contributed by atoms with van der Waals surface area (Å²) in [7, 11) is -3.73. The topological polar surface area (TPSA) is 88.4 Å². The molecule has 1 aromatic heterocycles. The number of sulfonamides is 1. The molecule has 1 heterocycles. The number of nitrogens with one attached hydrogen (secondary N) is 2. The van der Waals surface area contributed by atoms with Crippen molar-refractivity contribution in [1.82, 2.24) is 10.0 Å². The molecule has 0 unspecified atom stereocenters. The van der Waals surface area contributed by atoms with Gasteiger partial charge in [0.2, 0.25) is 10.0 Å². The second-order valence-electron chi connectivity index (χ2n) is 4.32. The van der Waals surface area contributed by atoms with Crippen LogP contribution in [0.5, 0.6) is 0 Å². The molecule has 1 aromatic carbocycles. The Morgan fingerprint density at radius 3 is 2.77 bits per heavy atom. The quantitative estimate of drug-likeness (QED) is 0.781. The van der Waals surface area contributed by atoms with Crippen LogP contribution in [0.4, 0.5) is 0 Å². The third-order valence-corrected chi connectivity index (χ3v) is 4.17. The van der Waals surface area contributed by atoms with Crippen LogP contribution in [-0.2, 0) is 16.6 Å². The number of carbonyl (C=O) groups excluding carboxylic acids is 1. The van der Waals surface area contributed by atoms with Gasteiger partial charge in [0.05, 0.1) is 24.2 Å². The molecule has 0 aliphatic rings. The highest BCUT2D eigenvalue weighted by molar-refractivity contribution is 7.89. The minimum Gasteiger partial charge on any atom is -0.467 e. The largest absolute Gasteiger partial charge is 0.467 e. The molecule has 114 valence electrons. The Bertz CT molecular complexity index is 789. The Kier molecular flexibility index (Phi) is 4.99. The molecule has 0 bridgehead atoms. The zero-order valence-electron chi connectivity index (χ0n) is 11.6. The summed E-state index contributed by atoms with van der Waals surface area (Å²) in [5, 5.41) is 2.64. The number of benzene rings is 1. The lowest BCUT2D eigenvalue weighted by Crippen LogP contribution is -2.25. The van der Waals surface area contributed by atoms with Crippen molar-refractivity contribution < 1.29 is 17.6 Å². The first-order valence-corrected chi connectivity index (χ1v) is 7.85. The summed E-state index contributed by atoms with van der Waals surface area (Å²) in [4.78, 5) is 12.0. The van der Waals surface area contributed by atoms with E-state index in [1.54, 1.807) is 12.1 Å². The third-order valence-electron chi connectivity index (χ3n) is 2.77. The molecule has 0 radical (unpaired) electrons. The number of terminal acetylenes is 1. The lowest BCUT2D eigenvalue weighted by atomic mass is 10.2. The zero-order valence-corrected chi connectivity index (χ0v) is 12.4. The molecule has 0 aliphatic carbocycles. The maximum atomic E-state index is 12.0. The Morgan fingerprint density at radius 1 is 1.27 bits per heavy atom. The van der Waals surface area contributed by atoms with Gasteiger partial charge >= 0.3 is 0 Å². The van der Waals surface area contributed by atoms with E-state index in [0.717, 1.165) is 0 Å². The number of carbonyl (C=O) groups is 1. The molecule has 6 nitrogen and oxygen atoms in total. The van der Waals surface area contributed by atoms with Crippen molar-refractivity contribution in [3.05, 3.63) is 54.0 Å². The molecule has 0 saturated heterocycles. The summed E-state index contributed by atoms with van der Waals surface area (Å²) in [5.74, 6) is 2.39. The first kappa shape index (κ1) is 15.8. The fourth-order valence-corrected chi connectivity index (χ4v) is 2.69. The van der Waals surface area contributed by atoms with Gasteiger partial charge in [-0.15, -0.1) is 6.42 Å². The molecule has 22 heavy (non-hydrogen) atoms. The van der Waals surface area contributed by atoms with Gasteiger partial charge < -0.3 is 9.73 Å². The van der Waals surface area contributed by atoms with Gasteiger partial charge in [-0.05, 0) is 30.3 Å². The van der Waals surface area contributed by atoms with Crippen LogP contribution in [0.25, 0.3) is 0 Å². The first-order valence-electron chi connectivity index (χ1n) is 6.37. The van der Waals surface area contributed by atoms with E-state index in [9.17, 15) is 13.2 Å². The predicted octanol–water partition coefficient (Wildman–Crippen LogP) is 1.12. The van der Waals surface area contributed by atoms with Crippen molar-refractivity contribution in [1.29, 1.82) is 0 Å². The molecule has 7 heteroatoms. The van der Waals surface area contributed by atoms with E-state index in [1.807, 2.05) is 0 Å². The van der Waals surface area contributed by atoms with Crippen LogP contribution in [0.1, 0.15) is 16.1 Å². The number of hydrogen-bond donors (Lipinski definition) is 2. The summed E-state index contributed by atoms with van der Waals surface area (Å²) < 4.78 is 31.3. The molecule has 0 atom stereocenters. The van der Waals surface area contributed by atoms with Crippen LogP contribution < -0.4 is 10.0 Å². The first-order chi connectivity index (χ1) is 10.5. The summed E-state index contributed by atoms with van der Waals surface area (Å²) in [6.45, 7) is 0.107. The second kappa shape index (κ2) is 6.93. The van der Waals surface area contributed by atoms with Crippen molar-refractivity contribution in [2.24, 2.45) is 0 Å². The average molecular weight is 318 g/mol. The maximum absolute atomic E-state index is 12.0. The monoisotopic (exact) mass is 318 g/mol. The Hall–Kier alpha value is -2.56. The molecular formula is C15H14N2O4S. The molecule has 2 rings (SSSR count). The van der Waals surface area contributed by atoms with Crippen LogP contribution >= 0.6 is 0 Å². The van der Waals surface area contributed by atoms with E-state index >= 15 is 0 Å². The van der Waals surface area contributed by atoms with Crippen molar-refractivity contribution in [2.45, 2.75) is 11.4 Å². The molecule has 2 aromatic rings. The Labute approximate surface area is 128 Å². The maximum Gasteiger partial charge on any atom is 0.251 e. The minimum absolute atomic E-state index is 0.0200. The zero-order chi connectivity index (χ0) is 16.0. The van der Waals surface area contributed by atoms with Gasteiger partial charge in [0.1, 0.15) is 5.76 Å². The van der Waals surface area contributed by atoms with Gasteiger partial charge in [0, 0.05) is 5.56 Å².